The lowest BCUT2D eigenvalue weighted by Crippen LogP contribution is -2.30. The molecule has 0 aromatic heterocycles. The van der Waals surface area contributed by atoms with Crippen LogP contribution in [0.3, 0.4) is 0 Å². The Labute approximate surface area is 145 Å². The molecule has 6 nitrogen and oxygen atoms in total. The average molecular weight is 363 g/mol. The van der Waals surface area contributed by atoms with Crippen molar-refractivity contribution in [3.8, 4) is 11.5 Å². The number of alkyl halides is 3. The summed E-state index contributed by atoms with van der Waals surface area (Å²) in [6, 6.07) is 5.33. The number of hydrogen-bond donors (Lipinski definition) is 2. The highest BCUT2D eigenvalue weighted by Crippen LogP contribution is 2.29. The van der Waals surface area contributed by atoms with E-state index in [1.807, 2.05) is 6.92 Å². The van der Waals surface area contributed by atoms with Gasteiger partial charge in [0.15, 0.2) is 17.5 Å². The van der Waals surface area contributed by atoms with Crippen LogP contribution >= 0.6 is 0 Å². The van der Waals surface area contributed by atoms with Crippen molar-refractivity contribution in [1.82, 2.24) is 5.32 Å². The number of nitrogens with one attached hydrogen (secondary N) is 2. The molecule has 2 N–H and O–H groups in total. The Balaban J connectivity index is 2.55. The first kappa shape index (κ1) is 20.9. The van der Waals surface area contributed by atoms with Crippen molar-refractivity contribution < 1.29 is 27.4 Å². The van der Waals surface area contributed by atoms with Crippen molar-refractivity contribution in [3.63, 3.8) is 0 Å². The van der Waals surface area contributed by atoms with E-state index in [-0.39, 0.29) is 6.61 Å². The van der Waals surface area contributed by atoms with Crippen molar-refractivity contribution in [3.05, 3.63) is 18.2 Å². The van der Waals surface area contributed by atoms with Crippen molar-refractivity contribution in [2.24, 2.45) is 4.99 Å². The average Bonchev–Trinajstić information content (AvgIpc) is 2.57. The van der Waals surface area contributed by atoms with Crippen molar-refractivity contribution in [2.75, 3.05) is 45.8 Å². The van der Waals surface area contributed by atoms with Gasteiger partial charge in [-0.05, 0) is 25.5 Å². The van der Waals surface area contributed by atoms with E-state index in [0.29, 0.717) is 37.0 Å². The Morgan fingerprint density at radius 2 is 1.88 bits per heavy atom. The van der Waals surface area contributed by atoms with Crippen molar-refractivity contribution >= 4 is 11.6 Å². The van der Waals surface area contributed by atoms with Crippen molar-refractivity contribution in [2.45, 2.75) is 19.5 Å². The van der Waals surface area contributed by atoms with Gasteiger partial charge in [-0.1, -0.05) is 0 Å². The molecule has 0 heterocycles. The molecule has 0 aliphatic rings. The molecule has 0 atom stereocenters. The molecule has 142 valence electrons. The summed E-state index contributed by atoms with van der Waals surface area (Å²) < 4.78 is 50.8. The monoisotopic (exact) mass is 363 g/mol. The molecule has 25 heavy (non-hydrogen) atoms. The molecular formula is C16H24F3N3O3. The lowest BCUT2D eigenvalue weighted by molar-refractivity contribution is -0.173. The molecule has 9 heteroatoms. The Morgan fingerprint density at radius 3 is 2.48 bits per heavy atom. The number of aliphatic imine (C=N–C) groups is 1. The summed E-state index contributed by atoms with van der Waals surface area (Å²) in [5.74, 6) is 1.70. The highest BCUT2D eigenvalue weighted by atomic mass is 19.4. The van der Waals surface area contributed by atoms with E-state index >= 15 is 0 Å². The van der Waals surface area contributed by atoms with Gasteiger partial charge in [-0.2, -0.15) is 13.2 Å². The second-order valence-electron chi connectivity index (χ2n) is 4.98. The van der Waals surface area contributed by atoms with E-state index in [9.17, 15) is 13.2 Å². The van der Waals surface area contributed by atoms with Gasteiger partial charge >= 0.3 is 6.18 Å². The van der Waals surface area contributed by atoms with Crippen molar-refractivity contribution in [1.29, 1.82) is 0 Å². The molecule has 1 aromatic rings. The molecule has 0 saturated heterocycles. The molecule has 0 saturated carbocycles. The van der Waals surface area contributed by atoms with Crippen LogP contribution in [0.25, 0.3) is 0 Å². The molecule has 1 rings (SSSR count). The zero-order valence-electron chi connectivity index (χ0n) is 14.6. The van der Waals surface area contributed by atoms with E-state index in [2.05, 4.69) is 20.4 Å². The molecule has 0 aliphatic heterocycles. The Hall–Kier alpha value is -2.16. The zero-order valence-corrected chi connectivity index (χ0v) is 14.6. The van der Waals surface area contributed by atoms with Gasteiger partial charge in [0, 0.05) is 31.5 Å². The lowest BCUT2D eigenvalue weighted by Gasteiger charge is -2.14. The number of benzene rings is 1. The zero-order chi connectivity index (χ0) is 18.7. The van der Waals surface area contributed by atoms with E-state index < -0.39 is 12.8 Å². The standard InChI is InChI=1S/C16H24F3N3O3/c1-4-20-15(21-8-5-9-25-11-16(17,18)19)22-12-6-7-13(23-2)14(10-12)24-3/h6-7,10H,4-5,8-9,11H2,1-3H3,(H2,20,21,22). The number of rotatable bonds is 9. The van der Waals surface area contributed by atoms with Crippen LogP contribution in [0.15, 0.2) is 23.2 Å². The number of guanidine groups is 1. The fourth-order valence-corrected chi connectivity index (χ4v) is 1.90. The fraction of sp³-hybridized carbons (Fsp3) is 0.562. The first-order valence-corrected chi connectivity index (χ1v) is 7.81. The third-order valence-electron chi connectivity index (χ3n) is 2.97. The predicted molar refractivity (Wildman–Crippen MR) is 90.6 cm³/mol. The molecule has 1 aromatic carbocycles. The van der Waals surface area contributed by atoms with Crippen LogP contribution in [0.1, 0.15) is 13.3 Å². The predicted octanol–water partition coefficient (Wildman–Crippen LogP) is 3.05. The summed E-state index contributed by atoms with van der Waals surface area (Å²) in [5, 5.41) is 6.16. The number of nitrogens with zero attached hydrogens (tertiary/aromatic N) is 1. The van der Waals surface area contributed by atoms with Gasteiger partial charge in [-0.15, -0.1) is 0 Å². The van der Waals surface area contributed by atoms with Crippen LogP contribution in [-0.2, 0) is 4.74 Å². The van der Waals surface area contributed by atoms with Crippen LogP contribution in [0.5, 0.6) is 11.5 Å². The largest absolute Gasteiger partial charge is 0.493 e. The van der Waals surface area contributed by atoms with Gasteiger partial charge in [-0.3, -0.25) is 4.99 Å². The number of halogens is 3. The lowest BCUT2D eigenvalue weighted by atomic mass is 10.3. The topological polar surface area (TPSA) is 64.1 Å². The molecule has 0 radical (unpaired) electrons. The number of methoxy groups -OCH3 is 2. The molecule has 0 amide bonds. The van der Waals surface area contributed by atoms with Gasteiger partial charge in [-0.25, -0.2) is 0 Å². The minimum Gasteiger partial charge on any atom is -0.493 e. The van der Waals surface area contributed by atoms with E-state index in [1.165, 1.54) is 0 Å². The second kappa shape index (κ2) is 10.7. The smallest absolute Gasteiger partial charge is 0.411 e. The van der Waals surface area contributed by atoms with Crippen LogP contribution in [0, 0.1) is 0 Å². The second-order valence-corrected chi connectivity index (χ2v) is 4.98. The summed E-state index contributed by atoms with van der Waals surface area (Å²) in [6.07, 6.45) is -3.91. The fourth-order valence-electron chi connectivity index (χ4n) is 1.90. The molecule has 0 unspecified atom stereocenters. The maximum absolute atomic E-state index is 12.0. The molecule has 0 aliphatic carbocycles. The maximum atomic E-state index is 12.0. The van der Waals surface area contributed by atoms with Gasteiger partial charge in [0.2, 0.25) is 0 Å². The summed E-state index contributed by atoms with van der Waals surface area (Å²) in [4.78, 5) is 4.30. The summed E-state index contributed by atoms with van der Waals surface area (Å²) in [5.41, 5.74) is 0.741. The van der Waals surface area contributed by atoms with Gasteiger partial charge < -0.3 is 24.8 Å². The van der Waals surface area contributed by atoms with Crippen LogP contribution < -0.4 is 20.1 Å². The SMILES string of the molecule is CCNC(=NCCCOCC(F)(F)F)Nc1ccc(OC)c(OC)c1. The summed E-state index contributed by atoms with van der Waals surface area (Å²) in [7, 11) is 3.10. The summed E-state index contributed by atoms with van der Waals surface area (Å²) in [6.45, 7) is 1.65. The van der Waals surface area contributed by atoms with Gasteiger partial charge in [0.05, 0.1) is 14.2 Å². The van der Waals surface area contributed by atoms with E-state index in [4.69, 9.17) is 9.47 Å². The highest BCUT2D eigenvalue weighted by molar-refractivity contribution is 5.93. The minimum atomic E-state index is -4.30. The van der Waals surface area contributed by atoms with E-state index in [0.717, 1.165) is 5.69 Å². The van der Waals surface area contributed by atoms with E-state index in [1.54, 1.807) is 32.4 Å². The Morgan fingerprint density at radius 1 is 1.16 bits per heavy atom. The number of ether oxygens (including phenoxy) is 3. The molecule has 0 bridgehead atoms. The number of hydrogen-bond acceptors (Lipinski definition) is 4. The van der Waals surface area contributed by atoms with Gasteiger partial charge in [0.1, 0.15) is 6.61 Å². The third kappa shape index (κ3) is 8.48. The van der Waals surface area contributed by atoms with Gasteiger partial charge in [0.25, 0.3) is 0 Å². The highest BCUT2D eigenvalue weighted by Gasteiger charge is 2.27. The molecule has 0 spiro atoms. The molecule has 0 fully saturated rings. The van der Waals surface area contributed by atoms with Crippen LogP contribution in [-0.4, -0.2) is 52.7 Å². The first-order valence-electron chi connectivity index (χ1n) is 7.81. The maximum Gasteiger partial charge on any atom is 0.411 e. The minimum absolute atomic E-state index is 0.00122. The molecular weight excluding hydrogens is 339 g/mol. The third-order valence-corrected chi connectivity index (χ3v) is 2.97. The van der Waals surface area contributed by atoms with Crippen LogP contribution in [0.4, 0.5) is 18.9 Å². The Bertz CT molecular complexity index is 551. The van der Waals surface area contributed by atoms with Crippen LogP contribution in [0.2, 0.25) is 0 Å². The first-order chi connectivity index (χ1) is 11.9. The number of anilines is 1. The normalized spacial score (nSPS) is 12.0. The quantitative estimate of drug-likeness (QED) is 0.401. The Kier molecular flexibility index (Phi) is 8.90. The summed E-state index contributed by atoms with van der Waals surface area (Å²) >= 11 is 0.